The second-order valence-corrected chi connectivity index (χ2v) is 6.20. The van der Waals surface area contributed by atoms with Crippen LogP contribution in [0.5, 0.6) is 0 Å². The van der Waals surface area contributed by atoms with Crippen LogP contribution < -0.4 is 5.73 Å². The molecular formula is C9H8BrClF2N2O2S. The van der Waals surface area contributed by atoms with Crippen molar-refractivity contribution in [1.82, 2.24) is 0 Å². The van der Waals surface area contributed by atoms with E-state index < -0.39 is 20.5 Å². The zero-order valence-electron chi connectivity index (χ0n) is 8.78. The van der Waals surface area contributed by atoms with E-state index >= 15 is 0 Å². The fraction of sp³-hybridized carbons (Fsp3) is 0.222. The summed E-state index contributed by atoms with van der Waals surface area (Å²) in [7, 11) is -4.62. The van der Waals surface area contributed by atoms with E-state index in [0.29, 0.717) is 5.69 Å². The molecule has 0 amide bonds. The first-order valence-electron chi connectivity index (χ1n) is 4.49. The van der Waals surface area contributed by atoms with Crippen molar-refractivity contribution in [2.45, 2.75) is 10.7 Å². The molecule has 0 fully saturated rings. The Morgan fingerprint density at radius 2 is 2.11 bits per heavy atom. The number of sulfone groups is 1. The Morgan fingerprint density at radius 1 is 1.50 bits per heavy atom. The van der Waals surface area contributed by atoms with Crippen molar-refractivity contribution in [3.63, 3.8) is 0 Å². The lowest BCUT2D eigenvalue weighted by molar-refractivity contribution is 0.234. The molecule has 0 heterocycles. The van der Waals surface area contributed by atoms with Crippen LogP contribution in [-0.2, 0) is 9.84 Å². The molecule has 0 aliphatic heterocycles. The Labute approximate surface area is 116 Å². The minimum Gasteiger partial charge on any atom is -0.386 e. The first kappa shape index (κ1) is 15.3. The number of amidine groups is 1. The lowest BCUT2D eigenvalue weighted by atomic mass is 10.3. The molecule has 0 atom stereocenters. The van der Waals surface area contributed by atoms with E-state index in [-0.39, 0.29) is 16.2 Å². The van der Waals surface area contributed by atoms with E-state index in [1.165, 1.54) is 6.07 Å². The van der Waals surface area contributed by atoms with Gasteiger partial charge in [-0.1, -0.05) is 0 Å². The summed E-state index contributed by atoms with van der Waals surface area (Å²) < 4.78 is 47.3. The van der Waals surface area contributed by atoms with E-state index in [1.54, 1.807) is 0 Å². The van der Waals surface area contributed by atoms with E-state index in [9.17, 15) is 17.2 Å². The average Bonchev–Trinajstić information content (AvgIpc) is 2.31. The van der Waals surface area contributed by atoms with Crippen LogP contribution in [0.2, 0.25) is 0 Å². The van der Waals surface area contributed by atoms with Crippen LogP contribution in [0.1, 0.15) is 0 Å². The van der Waals surface area contributed by atoms with Crippen molar-refractivity contribution in [3.05, 3.63) is 22.7 Å². The summed E-state index contributed by atoms with van der Waals surface area (Å²) in [4.78, 5) is 3.39. The van der Waals surface area contributed by atoms with Crippen molar-refractivity contribution in [2.75, 3.05) is 5.88 Å². The maximum absolute atomic E-state index is 12.3. The standard InChI is InChI=1S/C9H8BrClF2N2O2S/c10-6-3-5(18(16,17)9(12)13)1-2-7(6)15-8(14)4-11/h1-3,9H,4H2,(H2,14,15). The Bertz CT molecular complexity index is 578. The molecule has 0 aromatic heterocycles. The highest BCUT2D eigenvalue weighted by Gasteiger charge is 2.26. The Hall–Kier alpha value is -0.730. The van der Waals surface area contributed by atoms with Gasteiger partial charge in [0.1, 0.15) is 5.84 Å². The van der Waals surface area contributed by atoms with Crippen LogP contribution in [0.4, 0.5) is 14.5 Å². The predicted molar refractivity (Wildman–Crippen MR) is 69.3 cm³/mol. The number of benzene rings is 1. The summed E-state index contributed by atoms with van der Waals surface area (Å²) in [5.41, 5.74) is 5.71. The second kappa shape index (κ2) is 5.94. The number of nitrogens with zero attached hydrogens (tertiary/aromatic N) is 1. The number of halogens is 4. The van der Waals surface area contributed by atoms with Gasteiger partial charge < -0.3 is 5.73 Å². The SMILES string of the molecule is NC(CCl)=Nc1ccc(S(=O)(=O)C(F)F)cc1Br. The van der Waals surface area contributed by atoms with Gasteiger partial charge in [0, 0.05) is 4.47 Å². The molecule has 0 saturated carbocycles. The molecule has 0 unspecified atom stereocenters. The van der Waals surface area contributed by atoms with Crippen LogP contribution in [0.15, 0.2) is 32.6 Å². The van der Waals surface area contributed by atoms with Crippen molar-refractivity contribution in [2.24, 2.45) is 10.7 Å². The van der Waals surface area contributed by atoms with Crippen LogP contribution >= 0.6 is 27.5 Å². The normalized spacial score (nSPS) is 13.1. The molecule has 0 saturated heterocycles. The molecular weight excluding hydrogens is 354 g/mol. The second-order valence-electron chi connectivity index (χ2n) is 3.16. The third-order valence-corrected chi connectivity index (χ3v) is 4.17. The van der Waals surface area contributed by atoms with Crippen molar-refractivity contribution >= 4 is 48.9 Å². The van der Waals surface area contributed by atoms with Gasteiger partial charge in [0.15, 0.2) is 0 Å². The van der Waals surface area contributed by atoms with Gasteiger partial charge in [0.25, 0.3) is 0 Å². The van der Waals surface area contributed by atoms with Gasteiger partial charge in [0.05, 0.1) is 16.5 Å². The molecule has 0 aliphatic carbocycles. The minimum absolute atomic E-state index is 0.00350. The lowest BCUT2D eigenvalue weighted by Crippen LogP contribution is -2.12. The van der Waals surface area contributed by atoms with E-state index in [4.69, 9.17) is 17.3 Å². The molecule has 0 radical (unpaired) electrons. The summed E-state index contributed by atoms with van der Waals surface area (Å²) in [6, 6.07) is 3.34. The quantitative estimate of drug-likeness (QED) is 0.509. The fourth-order valence-electron chi connectivity index (χ4n) is 1.04. The lowest BCUT2D eigenvalue weighted by Gasteiger charge is -2.05. The highest BCUT2D eigenvalue weighted by Crippen LogP contribution is 2.30. The first-order chi connectivity index (χ1) is 8.28. The number of alkyl halides is 3. The third kappa shape index (κ3) is 3.39. The van der Waals surface area contributed by atoms with Gasteiger partial charge in [-0.2, -0.15) is 8.78 Å². The minimum atomic E-state index is -4.62. The largest absolute Gasteiger partial charge is 0.386 e. The Morgan fingerprint density at radius 3 is 2.56 bits per heavy atom. The van der Waals surface area contributed by atoms with Crippen LogP contribution in [0.3, 0.4) is 0 Å². The third-order valence-electron chi connectivity index (χ3n) is 1.88. The fourth-order valence-corrected chi connectivity index (χ4v) is 2.47. The van der Waals surface area contributed by atoms with E-state index in [1.807, 2.05) is 0 Å². The Kier molecular flexibility index (Phi) is 5.06. The van der Waals surface area contributed by atoms with Crippen molar-refractivity contribution < 1.29 is 17.2 Å². The van der Waals surface area contributed by atoms with Gasteiger partial charge in [0.2, 0.25) is 9.84 Å². The van der Waals surface area contributed by atoms with Gasteiger partial charge in [-0.05, 0) is 34.1 Å². The highest BCUT2D eigenvalue weighted by molar-refractivity contribution is 9.10. The number of nitrogens with two attached hydrogens (primary N) is 1. The molecule has 1 aromatic rings. The van der Waals surface area contributed by atoms with Gasteiger partial charge in [-0.25, -0.2) is 13.4 Å². The van der Waals surface area contributed by atoms with Crippen LogP contribution in [0.25, 0.3) is 0 Å². The molecule has 100 valence electrons. The highest BCUT2D eigenvalue weighted by atomic mass is 79.9. The maximum Gasteiger partial charge on any atom is 0.341 e. The molecule has 1 aromatic carbocycles. The maximum atomic E-state index is 12.3. The molecule has 4 nitrogen and oxygen atoms in total. The summed E-state index contributed by atoms with van der Waals surface area (Å²) in [5, 5.41) is 0. The molecule has 18 heavy (non-hydrogen) atoms. The summed E-state index contributed by atoms with van der Waals surface area (Å²) in [6.45, 7) is 0. The molecule has 0 aliphatic rings. The van der Waals surface area contributed by atoms with Crippen LogP contribution in [-0.4, -0.2) is 25.9 Å². The zero-order valence-corrected chi connectivity index (χ0v) is 11.9. The summed E-state index contributed by atoms with van der Waals surface area (Å²) in [6.07, 6.45) is 0. The zero-order chi connectivity index (χ0) is 13.9. The Balaban J connectivity index is 3.23. The molecule has 1 rings (SSSR count). The molecule has 0 bridgehead atoms. The average molecular weight is 362 g/mol. The van der Waals surface area contributed by atoms with Gasteiger partial charge in [-0.3, -0.25) is 0 Å². The smallest absolute Gasteiger partial charge is 0.341 e. The monoisotopic (exact) mass is 360 g/mol. The van der Waals surface area contributed by atoms with Crippen LogP contribution in [0, 0.1) is 0 Å². The van der Waals surface area contributed by atoms with Crippen molar-refractivity contribution in [1.29, 1.82) is 0 Å². The van der Waals surface area contributed by atoms with Gasteiger partial charge in [-0.15, -0.1) is 11.6 Å². The number of hydrogen-bond donors (Lipinski definition) is 1. The number of rotatable bonds is 4. The number of hydrogen-bond acceptors (Lipinski definition) is 3. The van der Waals surface area contributed by atoms with E-state index in [2.05, 4.69) is 20.9 Å². The van der Waals surface area contributed by atoms with Crippen molar-refractivity contribution in [3.8, 4) is 0 Å². The van der Waals surface area contributed by atoms with E-state index in [0.717, 1.165) is 12.1 Å². The summed E-state index contributed by atoms with van der Waals surface area (Å²) >= 11 is 8.46. The first-order valence-corrected chi connectivity index (χ1v) is 7.37. The van der Waals surface area contributed by atoms with Gasteiger partial charge >= 0.3 is 5.76 Å². The predicted octanol–water partition coefficient (Wildman–Crippen LogP) is 2.67. The molecule has 2 N–H and O–H groups in total. The summed E-state index contributed by atoms with van der Waals surface area (Å²) in [5.74, 6) is -3.34. The number of aliphatic imine (C=N–C) groups is 1. The molecule has 0 spiro atoms. The topological polar surface area (TPSA) is 72.5 Å². The molecule has 9 heteroatoms.